The summed E-state index contributed by atoms with van der Waals surface area (Å²) in [4.78, 5) is 1.12. The van der Waals surface area contributed by atoms with Crippen LogP contribution in [0.4, 0.5) is 0 Å². The lowest BCUT2D eigenvalue weighted by molar-refractivity contribution is 0.750. The summed E-state index contributed by atoms with van der Waals surface area (Å²) in [5.74, 6) is 0.892. The Morgan fingerprint density at radius 2 is 1.89 bits per heavy atom. The third-order valence-electron chi connectivity index (χ3n) is 2.68. The van der Waals surface area contributed by atoms with Gasteiger partial charge in [-0.3, -0.25) is 4.57 Å². The Morgan fingerprint density at radius 3 is 2.56 bits per heavy atom. The van der Waals surface area contributed by atoms with Crippen LogP contribution in [0.15, 0.2) is 47.8 Å². The lowest BCUT2D eigenvalue weighted by Crippen LogP contribution is -1.96. The Labute approximate surface area is 114 Å². The zero-order valence-electron chi connectivity index (χ0n) is 9.78. The third kappa shape index (κ3) is 1.81. The van der Waals surface area contributed by atoms with Gasteiger partial charge < -0.3 is 0 Å². The van der Waals surface area contributed by atoms with Crippen LogP contribution in [0.5, 0.6) is 0 Å². The van der Waals surface area contributed by atoms with E-state index in [1.807, 2.05) is 53.4 Å². The summed E-state index contributed by atoms with van der Waals surface area (Å²) in [6.45, 7) is 0. The number of aromatic nitrogens is 3. The van der Waals surface area contributed by atoms with Crippen LogP contribution in [-0.4, -0.2) is 14.3 Å². The van der Waals surface area contributed by atoms with Crippen LogP contribution in [0.3, 0.4) is 0 Å². The van der Waals surface area contributed by atoms with Gasteiger partial charge in [0.05, 0.1) is 4.88 Å². The van der Waals surface area contributed by atoms with Crippen molar-refractivity contribution in [1.82, 2.24) is 14.3 Å². The molecule has 3 nitrogen and oxygen atoms in total. The SMILES string of the molecule is Cn1nc(-c2cccs2)n(-c2ccccc2)c1=S. The van der Waals surface area contributed by atoms with E-state index in [4.69, 9.17) is 12.2 Å². The normalized spacial score (nSPS) is 10.7. The van der Waals surface area contributed by atoms with Crippen molar-refractivity contribution < 1.29 is 0 Å². The number of rotatable bonds is 2. The number of hydrogen-bond donors (Lipinski definition) is 0. The second-order valence-electron chi connectivity index (χ2n) is 3.88. The Hall–Kier alpha value is -1.72. The molecule has 3 aromatic rings. The van der Waals surface area contributed by atoms with Crippen molar-refractivity contribution in [2.24, 2.45) is 7.05 Å². The highest BCUT2D eigenvalue weighted by molar-refractivity contribution is 7.71. The molecule has 0 aliphatic carbocycles. The van der Waals surface area contributed by atoms with Gasteiger partial charge in [0.2, 0.25) is 4.77 Å². The van der Waals surface area contributed by atoms with E-state index in [1.54, 1.807) is 16.0 Å². The van der Waals surface area contributed by atoms with E-state index in [9.17, 15) is 0 Å². The average molecular weight is 273 g/mol. The van der Waals surface area contributed by atoms with Crippen molar-refractivity contribution in [3.05, 3.63) is 52.6 Å². The summed E-state index contributed by atoms with van der Waals surface area (Å²) in [6.07, 6.45) is 0. The minimum Gasteiger partial charge on any atom is -0.267 e. The van der Waals surface area contributed by atoms with Crippen molar-refractivity contribution in [2.75, 3.05) is 0 Å². The first-order valence-electron chi connectivity index (χ1n) is 5.53. The maximum absolute atomic E-state index is 5.44. The lowest BCUT2D eigenvalue weighted by atomic mass is 10.3. The largest absolute Gasteiger partial charge is 0.267 e. The van der Waals surface area contributed by atoms with Crippen molar-refractivity contribution in [3.8, 4) is 16.4 Å². The van der Waals surface area contributed by atoms with Gasteiger partial charge in [-0.1, -0.05) is 24.3 Å². The minimum absolute atomic E-state index is 0.699. The minimum atomic E-state index is 0.699. The van der Waals surface area contributed by atoms with Gasteiger partial charge in [-0.25, -0.2) is 4.68 Å². The quantitative estimate of drug-likeness (QED) is 0.665. The van der Waals surface area contributed by atoms with Crippen LogP contribution in [-0.2, 0) is 7.05 Å². The fourth-order valence-electron chi connectivity index (χ4n) is 1.84. The molecule has 2 heterocycles. The molecule has 0 saturated carbocycles. The number of benzene rings is 1. The molecular weight excluding hydrogens is 262 g/mol. The number of aryl methyl sites for hydroxylation is 1. The molecule has 18 heavy (non-hydrogen) atoms. The Kier molecular flexibility index (Phi) is 2.85. The number of para-hydroxylation sites is 1. The summed E-state index contributed by atoms with van der Waals surface area (Å²) in [7, 11) is 1.87. The first kappa shape index (κ1) is 11.4. The van der Waals surface area contributed by atoms with Crippen molar-refractivity contribution in [3.63, 3.8) is 0 Å². The van der Waals surface area contributed by atoms with Gasteiger partial charge in [-0.05, 0) is 35.8 Å². The van der Waals surface area contributed by atoms with Crippen LogP contribution in [0, 0.1) is 4.77 Å². The second kappa shape index (κ2) is 4.51. The molecular formula is C13H11N3S2. The molecule has 0 spiro atoms. The number of hydrogen-bond acceptors (Lipinski definition) is 3. The Balaban J connectivity index is 2.29. The van der Waals surface area contributed by atoms with Crippen LogP contribution in [0.2, 0.25) is 0 Å². The maximum Gasteiger partial charge on any atom is 0.202 e. The van der Waals surface area contributed by atoms with E-state index in [-0.39, 0.29) is 0 Å². The van der Waals surface area contributed by atoms with Gasteiger partial charge in [0.25, 0.3) is 0 Å². The van der Waals surface area contributed by atoms with Crippen LogP contribution < -0.4 is 0 Å². The lowest BCUT2D eigenvalue weighted by Gasteiger charge is -2.04. The summed E-state index contributed by atoms with van der Waals surface area (Å²) >= 11 is 7.10. The molecule has 0 bridgehead atoms. The highest BCUT2D eigenvalue weighted by Crippen LogP contribution is 2.26. The molecule has 0 N–H and O–H groups in total. The van der Waals surface area contributed by atoms with Crippen LogP contribution in [0.1, 0.15) is 0 Å². The molecule has 3 rings (SSSR count). The standard InChI is InChI=1S/C13H11N3S2/c1-15-13(17)16(10-6-3-2-4-7-10)12(14-15)11-8-5-9-18-11/h2-9H,1H3. The fraction of sp³-hybridized carbons (Fsp3) is 0.0769. The van der Waals surface area contributed by atoms with E-state index in [1.165, 1.54) is 0 Å². The van der Waals surface area contributed by atoms with Crippen molar-refractivity contribution >= 4 is 23.6 Å². The van der Waals surface area contributed by atoms with E-state index in [0.717, 1.165) is 16.4 Å². The molecule has 0 amide bonds. The molecule has 90 valence electrons. The first-order chi connectivity index (χ1) is 8.77. The average Bonchev–Trinajstić information content (AvgIpc) is 3.00. The maximum atomic E-state index is 5.44. The van der Waals surface area contributed by atoms with Gasteiger partial charge in [0.1, 0.15) is 0 Å². The predicted octanol–water partition coefficient (Wildman–Crippen LogP) is 3.67. The van der Waals surface area contributed by atoms with E-state index in [2.05, 4.69) is 11.2 Å². The van der Waals surface area contributed by atoms with E-state index >= 15 is 0 Å². The van der Waals surface area contributed by atoms with E-state index in [0.29, 0.717) is 4.77 Å². The molecule has 0 atom stereocenters. The monoisotopic (exact) mass is 273 g/mol. The number of nitrogens with zero attached hydrogens (tertiary/aromatic N) is 3. The van der Waals surface area contributed by atoms with Crippen LogP contribution in [0.25, 0.3) is 16.4 Å². The number of thiophene rings is 1. The first-order valence-corrected chi connectivity index (χ1v) is 6.81. The fourth-order valence-corrected chi connectivity index (χ4v) is 2.77. The highest BCUT2D eigenvalue weighted by atomic mass is 32.1. The molecule has 0 aliphatic rings. The summed E-state index contributed by atoms with van der Waals surface area (Å²) < 4.78 is 4.43. The third-order valence-corrected chi connectivity index (χ3v) is 3.99. The predicted molar refractivity (Wildman–Crippen MR) is 76.7 cm³/mol. The van der Waals surface area contributed by atoms with Gasteiger partial charge in [0.15, 0.2) is 5.82 Å². The van der Waals surface area contributed by atoms with Gasteiger partial charge >= 0.3 is 0 Å². The summed E-state index contributed by atoms with van der Waals surface area (Å²) in [6, 6.07) is 14.1. The van der Waals surface area contributed by atoms with Gasteiger partial charge in [-0.15, -0.1) is 11.3 Å². The molecule has 0 aliphatic heterocycles. The van der Waals surface area contributed by atoms with Crippen LogP contribution >= 0.6 is 23.6 Å². The Bertz CT molecular complexity index is 709. The molecule has 0 saturated heterocycles. The molecule has 1 aromatic carbocycles. The topological polar surface area (TPSA) is 22.8 Å². The molecule has 0 unspecified atom stereocenters. The molecule has 2 aromatic heterocycles. The summed E-state index contributed by atoms with van der Waals surface area (Å²) in [5, 5.41) is 6.56. The van der Waals surface area contributed by atoms with Crippen molar-refractivity contribution in [2.45, 2.75) is 0 Å². The highest BCUT2D eigenvalue weighted by Gasteiger charge is 2.12. The summed E-state index contributed by atoms with van der Waals surface area (Å²) in [5.41, 5.74) is 1.04. The zero-order valence-corrected chi connectivity index (χ0v) is 11.4. The van der Waals surface area contributed by atoms with Gasteiger partial charge in [0, 0.05) is 12.7 Å². The molecule has 0 radical (unpaired) electrons. The van der Waals surface area contributed by atoms with Crippen molar-refractivity contribution in [1.29, 1.82) is 0 Å². The molecule has 0 fully saturated rings. The van der Waals surface area contributed by atoms with E-state index < -0.39 is 0 Å². The van der Waals surface area contributed by atoms with Gasteiger partial charge in [-0.2, -0.15) is 5.10 Å². The zero-order chi connectivity index (χ0) is 12.5. The Morgan fingerprint density at radius 1 is 1.11 bits per heavy atom. The smallest absolute Gasteiger partial charge is 0.202 e. The second-order valence-corrected chi connectivity index (χ2v) is 5.19. The molecule has 5 heteroatoms.